The van der Waals surface area contributed by atoms with Gasteiger partial charge in [0.1, 0.15) is 0 Å². The molecule has 2 heterocycles. The maximum Gasteiger partial charge on any atom is 0.231 e. The number of rotatable bonds is 3. The molecule has 17 heavy (non-hydrogen) atoms. The topological polar surface area (TPSA) is 41.9 Å². The number of likely N-dealkylation sites (tertiary alicyclic amines) is 1. The van der Waals surface area contributed by atoms with Gasteiger partial charge < -0.3 is 14.6 Å². The number of fused-ring (bicyclic) bond motifs is 1. The lowest BCUT2D eigenvalue weighted by Gasteiger charge is -2.23. The van der Waals surface area contributed by atoms with Crippen LogP contribution in [-0.4, -0.2) is 36.0 Å². The molecular weight excluding hydrogens is 218 g/mol. The van der Waals surface area contributed by atoms with E-state index in [0.29, 0.717) is 12.8 Å². The molecule has 4 nitrogen and oxygen atoms in total. The van der Waals surface area contributed by atoms with Crippen molar-refractivity contribution in [3.05, 3.63) is 23.8 Å². The molecule has 2 aliphatic rings. The number of ether oxygens (including phenoxy) is 2. The monoisotopic (exact) mass is 235 g/mol. The van der Waals surface area contributed by atoms with E-state index in [1.165, 1.54) is 0 Å². The predicted octanol–water partition coefficient (Wildman–Crippen LogP) is 1.37. The van der Waals surface area contributed by atoms with Crippen molar-refractivity contribution < 1.29 is 14.6 Å². The minimum Gasteiger partial charge on any atom is -0.454 e. The van der Waals surface area contributed by atoms with Gasteiger partial charge in [0.2, 0.25) is 6.79 Å². The van der Waals surface area contributed by atoms with Crippen LogP contribution in [0.2, 0.25) is 0 Å². The summed E-state index contributed by atoms with van der Waals surface area (Å²) in [4.78, 5) is 2.32. The van der Waals surface area contributed by atoms with Crippen LogP contribution in [0.1, 0.15) is 18.4 Å². The lowest BCUT2D eigenvalue weighted by molar-refractivity contribution is 0.149. The number of aliphatic hydroxyl groups is 1. The fraction of sp³-hybridized carbons (Fsp3) is 0.538. The van der Waals surface area contributed by atoms with Gasteiger partial charge in [0.05, 0.1) is 6.61 Å². The molecule has 0 bridgehead atoms. The van der Waals surface area contributed by atoms with Crippen LogP contribution in [0.25, 0.3) is 0 Å². The molecule has 2 aliphatic heterocycles. The highest BCUT2D eigenvalue weighted by Crippen LogP contribution is 2.36. The third kappa shape index (κ3) is 1.98. The van der Waals surface area contributed by atoms with Gasteiger partial charge in [0, 0.05) is 18.2 Å². The van der Waals surface area contributed by atoms with Gasteiger partial charge in [-0.05, 0) is 25.5 Å². The van der Waals surface area contributed by atoms with Gasteiger partial charge in [-0.25, -0.2) is 0 Å². The maximum absolute atomic E-state index is 9.31. The molecule has 0 unspecified atom stereocenters. The van der Waals surface area contributed by atoms with Crippen molar-refractivity contribution >= 4 is 0 Å². The average Bonchev–Trinajstić information content (AvgIpc) is 2.97. The molecule has 1 saturated heterocycles. The average molecular weight is 235 g/mol. The molecule has 1 N–H and O–H groups in total. The Kier molecular flexibility index (Phi) is 2.91. The molecule has 4 heteroatoms. The van der Waals surface area contributed by atoms with Crippen molar-refractivity contribution in [3.8, 4) is 11.5 Å². The van der Waals surface area contributed by atoms with Crippen LogP contribution in [-0.2, 0) is 6.54 Å². The van der Waals surface area contributed by atoms with Gasteiger partial charge in [-0.15, -0.1) is 0 Å². The molecule has 0 radical (unpaired) electrons. The van der Waals surface area contributed by atoms with Crippen LogP contribution in [0, 0.1) is 0 Å². The van der Waals surface area contributed by atoms with Crippen molar-refractivity contribution in [1.82, 2.24) is 4.90 Å². The normalized spacial score (nSPS) is 23.2. The Labute approximate surface area is 101 Å². The zero-order valence-corrected chi connectivity index (χ0v) is 9.76. The van der Waals surface area contributed by atoms with E-state index >= 15 is 0 Å². The summed E-state index contributed by atoms with van der Waals surface area (Å²) in [5, 5.41) is 9.31. The summed E-state index contributed by atoms with van der Waals surface area (Å²) in [6.07, 6.45) is 2.25. The highest BCUT2D eigenvalue weighted by molar-refractivity contribution is 5.48. The van der Waals surface area contributed by atoms with E-state index in [9.17, 15) is 5.11 Å². The zero-order valence-electron chi connectivity index (χ0n) is 9.76. The lowest BCUT2D eigenvalue weighted by Crippen LogP contribution is -2.31. The Morgan fingerprint density at radius 1 is 1.35 bits per heavy atom. The predicted molar refractivity (Wildman–Crippen MR) is 63.1 cm³/mol. The first kappa shape index (κ1) is 10.9. The summed E-state index contributed by atoms with van der Waals surface area (Å²) in [7, 11) is 0. The smallest absolute Gasteiger partial charge is 0.231 e. The van der Waals surface area contributed by atoms with Crippen LogP contribution < -0.4 is 9.47 Å². The highest BCUT2D eigenvalue weighted by Gasteiger charge is 2.26. The van der Waals surface area contributed by atoms with E-state index in [2.05, 4.69) is 11.0 Å². The first-order chi connectivity index (χ1) is 8.38. The van der Waals surface area contributed by atoms with Crippen molar-refractivity contribution in [2.45, 2.75) is 25.4 Å². The summed E-state index contributed by atoms with van der Waals surface area (Å²) < 4.78 is 10.9. The minimum absolute atomic E-state index is 0.242. The van der Waals surface area contributed by atoms with E-state index < -0.39 is 0 Å². The Bertz CT molecular complexity index is 408. The highest BCUT2D eigenvalue weighted by atomic mass is 16.7. The summed E-state index contributed by atoms with van der Waals surface area (Å²) >= 11 is 0. The summed E-state index contributed by atoms with van der Waals surface area (Å²) in [5.74, 6) is 1.71. The number of aliphatic hydroxyl groups excluding tert-OH is 1. The first-order valence-electron chi connectivity index (χ1n) is 6.11. The molecule has 1 atom stereocenters. The quantitative estimate of drug-likeness (QED) is 0.859. The minimum atomic E-state index is 0.242. The molecule has 1 fully saturated rings. The second kappa shape index (κ2) is 4.55. The van der Waals surface area contributed by atoms with Crippen molar-refractivity contribution in [2.24, 2.45) is 0 Å². The standard InChI is InChI=1S/C13H17NO3/c15-8-11-4-2-6-14(11)7-10-3-1-5-12-13(10)17-9-16-12/h1,3,5,11,15H,2,4,6-9H2/t11-/m1/s1. The van der Waals surface area contributed by atoms with Crippen molar-refractivity contribution in [1.29, 1.82) is 0 Å². The van der Waals surface area contributed by atoms with E-state index in [4.69, 9.17) is 9.47 Å². The second-order valence-electron chi connectivity index (χ2n) is 4.60. The lowest BCUT2D eigenvalue weighted by atomic mass is 10.1. The van der Waals surface area contributed by atoms with E-state index in [1.807, 2.05) is 12.1 Å². The van der Waals surface area contributed by atoms with E-state index in [-0.39, 0.29) is 6.61 Å². The molecule has 1 aromatic carbocycles. The molecule has 0 saturated carbocycles. The van der Waals surface area contributed by atoms with Gasteiger partial charge in [0.25, 0.3) is 0 Å². The molecule has 0 aliphatic carbocycles. The zero-order chi connectivity index (χ0) is 11.7. The fourth-order valence-electron chi connectivity index (χ4n) is 2.64. The van der Waals surface area contributed by atoms with Crippen LogP contribution >= 0.6 is 0 Å². The molecule has 92 valence electrons. The number of benzene rings is 1. The Hall–Kier alpha value is -1.26. The van der Waals surface area contributed by atoms with Gasteiger partial charge >= 0.3 is 0 Å². The molecule has 0 amide bonds. The molecule has 0 spiro atoms. The van der Waals surface area contributed by atoms with Gasteiger partial charge in [-0.3, -0.25) is 4.90 Å². The largest absolute Gasteiger partial charge is 0.454 e. The van der Waals surface area contributed by atoms with Crippen molar-refractivity contribution in [2.75, 3.05) is 19.9 Å². The van der Waals surface area contributed by atoms with Crippen molar-refractivity contribution in [3.63, 3.8) is 0 Å². The number of hydrogen-bond acceptors (Lipinski definition) is 4. The second-order valence-corrected chi connectivity index (χ2v) is 4.60. The Morgan fingerprint density at radius 2 is 2.29 bits per heavy atom. The maximum atomic E-state index is 9.31. The fourth-order valence-corrected chi connectivity index (χ4v) is 2.64. The van der Waals surface area contributed by atoms with Gasteiger partial charge in [0.15, 0.2) is 11.5 Å². The molecule has 0 aromatic heterocycles. The van der Waals surface area contributed by atoms with Crippen LogP contribution in [0.5, 0.6) is 11.5 Å². The van der Waals surface area contributed by atoms with Crippen LogP contribution in [0.15, 0.2) is 18.2 Å². The Morgan fingerprint density at radius 3 is 3.18 bits per heavy atom. The molecular formula is C13H17NO3. The third-order valence-corrected chi connectivity index (χ3v) is 3.56. The summed E-state index contributed by atoms with van der Waals surface area (Å²) in [5.41, 5.74) is 1.15. The van der Waals surface area contributed by atoms with Gasteiger partial charge in [-0.1, -0.05) is 12.1 Å². The number of nitrogens with zero attached hydrogens (tertiary/aromatic N) is 1. The SMILES string of the molecule is OC[C@H]1CCCN1Cc1cccc2c1OCO2. The Balaban J connectivity index is 1.79. The molecule has 1 aromatic rings. The summed E-state index contributed by atoms with van der Waals surface area (Å²) in [6.45, 7) is 2.44. The van der Waals surface area contributed by atoms with E-state index in [1.54, 1.807) is 0 Å². The molecule has 3 rings (SSSR count). The number of hydrogen-bond donors (Lipinski definition) is 1. The number of para-hydroxylation sites is 1. The van der Waals surface area contributed by atoms with E-state index in [0.717, 1.165) is 43.0 Å². The van der Waals surface area contributed by atoms with Crippen LogP contribution in [0.3, 0.4) is 0 Å². The third-order valence-electron chi connectivity index (χ3n) is 3.56. The first-order valence-corrected chi connectivity index (χ1v) is 6.11. The van der Waals surface area contributed by atoms with Gasteiger partial charge in [-0.2, -0.15) is 0 Å². The summed E-state index contributed by atoms with van der Waals surface area (Å²) in [6, 6.07) is 6.29. The van der Waals surface area contributed by atoms with Crippen LogP contribution in [0.4, 0.5) is 0 Å².